The van der Waals surface area contributed by atoms with Gasteiger partial charge in [0.25, 0.3) is 11.6 Å². The third kappa shape index (κ3) is 5.39. The highest BCUT2D eigenvalue weighted by Crippen LogP contribution is 2.31. The van der Waals surface area contributed by atoms with Crippen molar-refractivity contribution in [1.29, 1.82) is 0 Å². The Kier molecular flexibility index (Phi) is 5.98. The summed E-state index contributed by atoms with van der Waals surface area (Å²) in [5.74, 6) is -0.464. The van der Waals surface area contributed by atoms with Gasteiger partial charge in [0, 0.05) is 34.7 Å². The molecule has 1 aliphatic carbocycles. The van der Waals surface area contributed by atoms with Crippen LogP contribution in [0.1, 0.15) is 23.2 Å². The van der Waals surface area contributed by atoms with Gasteiger partial charge in [-0.05, 0) is 61.4 Å². The van der Waals surface area contributed by atoms with E-state index >= 15 is 0 Å². The second kappa shape index (κ2) is 9.17. The molecule has 3 aromatic carbocycles. The smallest absolute Gasteiger partial charge is 0.323 e. The highest BCUT2D eigenvalue weighted by atomic mass is 16.6. The Bertz CT molecular complexity index is 1140. The lowest BCUT2D eigenvalue weighted by Gasteiger charge is -2.10. The van der Waals surface area contributed by atoms with Gasteiger partial charge < -0.3 is 21.3 Å². The fourth-order valence-electron chi connectivity index (χ4n) is 3.05. The minimum Gasteiger partial charge on any atom is -0.377 e. The van der Waals surface area contributed by atoms with Crippen molar-refractivity contribution in [1.82, 2.24) is 0 Å². The Hall–Kier alpha value is -4.40. The fourth-order valence-corrected chi connectivity index (χ4v) is 3.05. The average Bonchev–Trinajstić information content (AvgIpc) is 3.60. The van der Waals surface area contributed by atoms with Crippen LogP contribution in [0.2, 0.25) is 0 Å². The van der Waals surface area contributed by atoms with Gasteiger partial charge in [-0.2, -0.15) is 0 Å². The summed E-state index contributed by atoms with van der Waals surface area (Å²) >= 11 is 0. The quantitative estimate of drug-likeness (QED) is 0.307. The number of amides is 3. The molecule has 0 aliphatic heterocycles. The summed E-state index contributed by atoms with van der Waals surface area (Å²) in [6.45, 7) is 0. The van der Waals surface area contributed by atoms with Crippen LogP contribution in [-0.4, -0.2) is 22.9 Å². The maximum absolute atomic E-state index is 12.6. The molecule has 0 spiro atoms. The first-order valence-electron chi connectivity index (χ1n) is 10.1. The predicted octanol–water partition coefficient (Wildman–Crippen LogP) is 5.07. The van der Waals surface area contributed by atoms with Gasteiger partial charge in [-0.3, -0.25) is 14.9 Å². The molecule has 162 valence electrons. The predicted molar refractivity (Wildman–Crippen MR) is 123 cm³/mol. The second-order valence-electron chi connectivity index (χ2n) is 7.38. The standard InChI is InChI=1S/C23H21N5O4/c29-22(15-6-13-20(24-17-7-8-17)21(14-15)28(31)32)25-18-9-11-19(12-10-18)27-23(30)26-16-4-2-1-3-5-16/h1-6,9-14,17,24H,7-8H2,(H,25,29)(H2,26,27,30). The van der Waals surface area contributed by atoms with Gasteiger partial charge in [-0.15, -0.1) is 0 Å². The summed E-state index contributed by atoms with van der Waals surface area (Å²) in [4.78, 5) is 35.5. The van der Waals surface area contributed by atoms with E-state index in [1.807, 2.05) is 18.2 Å². The van der Waals surface area contributed by atoms with Crippen molar-refractivity contribution in [2.75, 3.05) is 21.3 Å². The molecule has 3 amide bonds. The number of hydrogen-bond acceptors (Lipinski definition) is 5. The van der Waals surface area contributed by atoms with Crippen molar-refractivity contribution >= 4 is 40.4 Å². The minimum absolute atomic E-state index is 0.131. The van der Waals surface area contributed by atoms with Crippen LogP contribution < -0.4 is 21.3 Å². The molecule has 9 nitrogen and oxygen atoms in total. The van der Waals surface area contributed by atoms with E-state index in [4.69, 9.17) is 0 Å². The molecule has 9 heteroatoms. The van der Waals surface area contributed by atoms with Crippen molar-refractivity contribution in [2.24, 2.45) is 0 Å². The van der Waals surface area contributed by atoms with Crippen molar-refractivity contribution in [3.63, 3.8) is 0 Å². The lowest BCUT2D eigenvalue weighted by Crippen LogP contribution is -2.19. The van der Waals surface area contributed by atoms with Crippen LogP contribution >= 0.6 is 0 Å². The Balaban J connectivity index is 1.37. The van der Waals surface area contributed by atoms with E-state index in [0.29, 0.717) is 22.7 Å². The molecule has 3 aromatic rings. The molecule has 1 fully saturated rings. The maximum atomic E-state index is 12.6. The first-order chi connectivity index (χ1) is 15.5. The van der Waals surface area contributed by atoms with E-state index in [-0.39, 0.29) is 23.3 Å². The number of urea groups is 1. The van der Waals surface area contributed by atoms with Gasteiger partial charge >= 0.3 is 6.03 Å². The molecule has 0 heterocycles. The van der Waals surface area contributed by atoms with E-state index in [2.05, 4.69) is 21.3 Å². The number of carbonyl (C=O) groups is 2. The zero-order valence-corrected chi connectivity index (χ0v) is 17.0. The second-order valence-corrected chi connectivity index (χ2v) is 7.38. The van der Waals surface area contributed by atoms with Crippen molar-refractivity contribution in [3.05, 3.63) is 88.5 Å². The number of nitro benzene ring substituents is 1. The molecule has 0 unspecified atom stereocenters. The number of hydrogen-bond donors (Lipinski definition) is 4. The number of rotatable bonds is 7. The number of carbonyl (C=O) groups excluding carboxylic acids is 2. The van der Waals surface area contributed by atoms with Gasteiger partial charge in [-0.1, -0.05) is 18.2 Å². The molecule has 0 bridgehead atoms. The van der Waals surface area contributed by atoms with Gasteiger partial charge in [0.05, 0.1) is 4.92 Å². The molecule has 0 atom stereocenters. The largest absolute Gasteiger partial charge is 0.377 e. The third-order valence-corrected chi connectivity index (χ3v) is 4.83. The van der Waals surface area contributed by atoms with Crippen LogP contribution in [0.3, 0.4) is 0 Å². The molecular weight excluding hydrogens is 410 g/mol. The topological polar surface area (TPSA) is 125 Å². The third-order valence-electron chi connectivity index (χ3n) is 4.83. The van der Waals surface area contributed by atoms with E-state index in [1.54, 1.807) is 48.5 Å². The maximum Gasteiger partial charge on any atom is 0.323 e. The average molecular weight is 431 g/mol. The van der Waals surface area contributed by atoms with Crippen LogP contribution in [0.4, 0.5) is 33.2 Å². The van der Waals surface area contributed by atoms with Crippen LogP contribution in [0.25, 0.3) is 0 Å². The van der Waals surface area contributed by atoms with Gasteiger partial charge in [0.15, 0.2) is 0 Å². The molecular formula is C23H21N5O4. The normalized spacial score (nSPS) is 12.5. The zero-order chi connectivity index (χ0) is 22.5. The number of nitrogens with one attached hydrogen (secondary N) is 4. The summed E-state index contributed by atoms with van der Waals surface area (Å²) in [5.41, 5.74) is 2.17. The van der Waals surface area contributed by atoms with E-state index in [1.165, 1.54) is 6.07 Å². The molecule has 1 saturated carbocycles. The van der Waals surface area contributed by atoms with Crippen molar-refractivity contribution < 1.29 is 14.5 Å². The van der Waals surface area contributed by atoms with Gasteiger partial charge in [0.2, 0.25) is 0 Å². The van der Waals surface area contributed by atoms with Crippen LogP contribution in [0.15, 0.2) is 72.8 Å². The van der Waals surface area contributed by atoms with Crippen molar-refractivity contribution in [3.8, 4) is 0 Å². The highest BCUT2D eigenvalue weighted by molar-refractivity contribution is 6.05. The van der Waals surface area contributed by atoms with E-state index < -0.39 is 10.8 Å². The Morgan fingerprint density at radius 3 is 2.00 bits per heavy atom. The number of nitrogens with zero attached hydrogens (tertiary/aromatic N) is 1. The Morgan fingerprint density at radius 1 is 0.812 bits per heavy atom. The minimum atomic E-state index is -0.498. The van der Waals surface area contributed by atoms with Crippen LogP contribution in [-0.2, 0) is 0 Å². The van der Waals surface area contributed by atoms with Crippen LogP contribution in [0.5, 0.6) is 0 Å². The summed E-state index contributed by atoms with van der Waals surface area (Å²) in [5, 5.41) is 22.6. The SMILES string of the molecule is O=C(Nc1ccccc1)Nc1ccc(NC(=O)c2ccc(NC3CC3)c([N+](=O)[O-])c2)cc1. The molecule has 0 aromatic heterocycles. The summed E-state index contributed by atoms with van der Waals surface area (Å²) in [6.07, 6.45) is 1.97. The highest BCUT2D eigenvalue weighted by Gasteiger charge is 2.25. The van der Waals surface area contributed by atoms with Crippen LogP contribution in [0, 0.1) is 10.1 Å². The molecule has 4 rings (SSSR count). The summed E-state index contributed by atoms with van der Waals surface area (Å²) in [6, 6.07) is 19.8. The van der Waals surface area contributed by atoms with Gasteiger partial charge in [0.1, 0.15) is 5.69 Å². The number of para-hydroxylation sites is 1. The van der Waals surface area contributed by atoms with E-state index in [9.17, 15) is 19.7 Å². The zero-order valence-electron chi connectivity index (χ0n) is 17.0. The van der Waals surface area contributed by atoms with Gasteiger partial charge in [-0.25, -0.2) is 4.79 Å². The molecule has 0 radical (unpaired) electrons. The monoisotopic (exact) mass is 431 g/mol. The number of nitro groups is 1. The Morgan fingerprint density at radius 2 is 1.41 bits per heavy atom. The molecule has 1 aliphatic rings. The number of benzene rings is 3. The van der Waals surface area contributed by atoms with Crippen molar-refractivity contribution in [2.45, 2.75) is 18.9 Å². The first-order valence-corrected chi connectivity index (χ1v) is 10.1. The lowest BCUT2D eigenvalue weighted by molar-refractivity contribution is -0.384. The lowest BCUT2D eigenvalue weighted by atomic mass is 10.1. The van der Waals surface area contributed by atoms with E-state index in [0.717, 1.165) is 12.8 Å². The first kappa shape index (κ1) is 20.9. The molecule has 0 saturated heterocycles. The summed E-state index contributed by atoms with van der Waals surface area (Å²) < 4.78 is 0. The molecule has 4 N–H and O–H groups in total. The Labute approximate surface area is 184 Å². The molecule has 32 heavy (non-hydrogen) atoms. The number of anilines is 4. The summed E-state index contributed by atoms with van der Waals surface area (Å²) in [7, 11) is 0. The fraction of sp³-hybridized carbons (Fsp3) is 0.130.